The molecule has 0 spiro atoms. The van der Waals surface area contributed by atoms with Crippen molar-refractivity contribution in [3.63, 3.8) is 0 Å². The highest BCUT2D eigenvalue weighted by Crippen LogP contribution is 2.29. The van der Waals surface area contributed by atoms with Crippen molar-refractivity contribution in [1.29, 1.82) is 0 Å². The maximum Gasteiger partial charge on any atom is 0.0780 e. The van der Waals surface area contributed by atoms with Crippen LogP contribution in [0.1, 0.15) is 12.5 Å². The highest BCUT2D eigenvalue weighted by atomic mass is 32.2. The highest BCUT2D eigenvalue weighted by molar-refractivity contribution is 7.99. The van der Waals surface area contributed by atoms with Gasteiger partial charge in [-0.05, 0) is 36.4 Å². The lowest BCUT2D eigenvalue weighted by atomic mass is 10.2. The minimum Gasteiger partial charge on any atom is -0.349 e. The summed E-state index contributed by atoms with van der Waals surface area (Å²) < 4.78 is 0. The molecule has 1 aromatic heterocycles. The normalized spacial score (nSPS) is 11.1. The summed E-state index contributed by atoms with van der Waals surface area (Å²) >= 11 is 1.77. The van der Waals surface area contributed by atoms with Crippen LogP contribution < -0.4 is 5.32 Å². The van der Waals surface area contributed by atoms with Crippen LogP contribution in [0.4, 0.5) is 0 Å². The summed E-state index contributed by atoms with van der Waals surface area (Å²) in [6.45, 7) is 4.07. The van der Waals surface area contributed by atoms with E-state index in [1.54, 1.807) is 11.8 Å². The van der Waals surface area contributed by atoms with Gasteiger partial charge in [-0.1, -0.05) is 49.0 Å². The van der Waals surface area contributed by atoms with Gasteiger partial charge in [0.2, 0.25) is 0 Å². The Morgan fingerprint density at radius 2 is 1.85 bits per heavy atom. The number of para-hydroxylation sites is 1. The first-order valence-corrected chi connectivity index (χ1v) is 7.72. The van der Waals surface area contributed by atoms with Gasteiger partial charge in [0.05, 0.1) is 5.03 Å². The molecule has 1 heterocycles. The molecule has 3 rings (SSSR count). The van der Waals surface area contributed by atoms with Crippen LogP contribution in [-0.4, -0.2) is 11.5 Å². The Labute approximate surface area is 123 Å². The second kappa shape index (κ2) is 6.16. The quantitative estimate of drug-likeness (QED) is 0.724. The van der Waals surface area contributed by atoms with E-state index in [2.05, 4.69) is 71.8 Å². The Kier molecular flexibility index (Phi) is 4.09. The minimum atomic E-state index is 0.938. The molecule has 20 heavy (non-hydrogen) atoms. The van der Waals surface area contributed by atoms with Crippen molar-refractivity contribution in [3.8, 4) is 0 Å². The van der Waals surface area contributed by atoms with Gasteiger partial charge in [-0.15, -0.1) is 0 Å². The number of rotatable bonds is 5. The summed E-state index contributed by atoms with van der Waals surface area (Å²) in [5.41, 5.74) is 2.52. The lowest BCUT2D eigenvalue weighted by molar-refractivity contribution is 0.726. The van der Waals surface area contributed by atoms with Crippen molar-refractivity contribution < 1.29 is 0 Å². The number of aromatic nitrogens is 1. The lowest BCUT2D eigenvalue weighted by Gasteiger charge is -2.03. The fourth-order valence-corrected chi connectivity index (χ4v) is 3.05. The number of benzene rings is 2. The zero-order valence-electron chi connectivity index (χ0n) is 11.5. The van der Waals surface area contributed by atoms with Crippen LogP contribution in [0, 0.1) is 0 Å². The Hall–Kier alpha value is -1.71. The maximum atomic E-state index is 3.44. The summed E-state index contributed by atoms with van der Waals surface area (Å²) in [6.07, 6.45) is 0. The molecule has 2 aromatic carbocycles. The highest BCUT2D eigenvalue weighted by Gasteiger charge is 2.02. The first-order chi connectivity index (χ1) is 9.85. The molecule has 0 aliphatic rings. The molecule has 0 amide bonds. The van der Waals surface area contributed by atoms with Gasteiger partial charge in [0.25, 0.3) is 0 Å². The topological polar surface area (TPSA) is 27.8 Å². The molecule has 3 aromatic rings. The van der Waals surface area contributed by atoms with E-state index < -0.39 is 0 Å². The van der Waals surface area contributed by atoms with Crippen molar-refractivity contribution in [1.82, 2.24) is 10.3 Å². The smallest absolute Gasteiger partial charge is 0.0780 e. The van der Waals surface area contributed by atoms with Crippen molar-refractivity contribution >= 4 is 22.7 Å². The predicted octanol–water partition coefficient (Wildman–Crippen LogP) is 4.43. The van der Waals surface area contributed by atoms with E-state index in [1.807, 2.05) is 0 Å². The van der Waals surface area contributed by atoms with Crippen LogP contribution in [-0.2, 0) is 6.54 Å². The molecule has 0 saturated heterocycles. The Morgan fingerprint density at radius 1 is 1.05 bits per heavy atom. The van der Waals surface area contributed by atoms with E-state index in [0.717, 1.165) is 13.1 Å². The van der Waals surface area contributed by atoms with E-state index in [9.17, 15) is 0 Å². The zero-order chi connectivity index (χ0) is 13.8. The third-order valence-corrected chi connectivity index (χ3v) is 4.18. The Bertz CT molecular complexity index is 653. The molecule has 102 valence electrons. The van der Waals surface area contributed by atoms with Gasteiger partial charge in [0.1, 0.15) is 0 Å². The number of nitrogens with one attached hydrogen (secondary N) is 2. The van der Waals surface area contributed by atoms with Gasteiger partial charge in [-0.2, -0.15) is 0 Å². The third-order valence-electron chi connectivity index (χ3n) is 3.24. The number of fused-ring (bicyclic) bond motifs is 1. The van der Waals surface area contributed by atoms with Crippen LogP contribution in [0.3, 0.4) is 0 Å². The predicted molar refractivity (Wildman–Crippen MR) is 86.2 cm³/mol. The SMILES string of the molecule is CCNCc1ccc(Sc2cc3ccccc3[nH]2)cc1. The first kappa shape index (κ1) is 13.3. The van der Waals surface area contributed by atoms with Gasteiger partial charge in [0, 0.05) is 22.3 Å². The van der Waals surface area contributed by atoms with Crippen molar-refractivity contribution in [3.05, 3.63) is 60.2 Å². The second-order valence-electron chi connectivity index (χ2n) is 4.75. The largest absolute Gasteiger partial charge is 0.349 e. The van der Waals surface area contributed by atoms with Crippen molar-refractivity contribution in [2.75, 3.05) is 6.54 Å². The molecule has 2 N–H and O–H groups in total. The number of hydrogen-bond acceptors (Lipinski definition) is 2. The van der Waals surface area contributed by atoms with Gasteiger partial charge in [-0.25, -0.2) is 0 Å². The van der Waals surface area contributed by atoms with E-state index in [4.69, 9.17) is 0 Å². The monoisotopic (exact) mass is 282 g/mol. The third kappa shape index (κ3) is 3.06. The zero-order valence-corrected chi connectivity index (χ0v) is 12.3. The molecule has 0 unspecified atom stereocenters. The Morgan fingerprint density at radius 3 is 2.60 bits per heavy atom. The molecular formula is C17H18N2S. The molecule has 0 saturated carbocycles. The van der Waals surface area contributed by atoms with Crippen molar-refractivity contribution in [2.45, 2.75) is 23.4 Å². The molecule has 0 aliphatic heterocycles. The summed E-state index contributed by atoms with van der Waals surface area (Å²) in [6, 6.07) is 19.3. The fraction of sp³-hybridized carbons (Fsp3) is 0.176. The summed E-state index contributed by atoms with van der Waals surface area (Å²) in [5, 5.41) is 5.79. The molecule has 3 heteroatoms. The molecule has 0 atom stereocenters. The first-order valence-electron chi connectivity index (χ1n) is 6.90. The average molecular weight is 282 g/mol. The lowest BCUT2D eigenvalue weighted by Crippen LogP contribution is -2.11. The molecular weight excluding hydrogens is 264 g/mol. The summed E-state index contributed by atoms with van der Waals surface area (Å²) in [7, 11) is 0. The van der Waals surface area contributed by atoms with Crippen LogP contribution in [0.5, 0.6) is 0 Å². The van der Waals surface area contributed by atoms with Crippen molar-refractivity contribution in [2.24, 2.45) is 0 Å². The van der Waals surface area contributed by atoms with Gasteiger partial charge in [-0.3, -0.25) is 0 Å². The maximum absolute atomic E-state index is 3.44. The summed E-state index contributed by atoms with van der Waals surface area (Å²) in [5.74, 6) is 0. The average Bonchev–Trinajstić information content (AvgIpc) is 2.89. The molecule has 0 radical (unpaired) electrons. The standard InChI is InChI=1S/C17H18N2S/c1-2-18-12-13-7-9-15(10-8-13)20-17-11-14-5-3-4-6-16(14)19-17/h3-11,18-19H,2,12H2,1H3. The van der Waals surface area contributed by atoms with Gasteiger partial charge >= 0.3 is 0 Å². The minimum absolute atomic E-state index is 0.938. The van der Waals surface area contributed by atoms with E-state index in [1.165, 1.54) is 26.4 Å². The van der Waals surface area contributed by atoms with E-state index in [0.29, 0.717) is 0 Å². The number of hydrogen-bond donors (Lipinski definition) is 2. The van der Waals surface area contributed by atoms with Crippen LogP contribution >= 0.6 is 11.8 Å². The second-order valence-corrected chi connectivity index (χ2v) is 5.86. The molecule has 0 fully saturated rings. The summed E-state index contributed by atoms with van der Waals surface area (Å²) in [4.78, 5) is 4.70. The van der Waals surface area contributed by atoms with Crippen LogP contribution in [0.15, 0.2) is 64.5 Å². The molecule has 0 bridgehead atoms. The number of H-pyrrole nitrogens is 1. The fourth-order valence-electron chi connectivity index (χ4n) is 2.17. The van der Waals surface area contributed by atoms with E-state index in [-0.39, 0.29) is 0 Å². The van der Waals surface area contributed by atoms with Gasteiger partial charge < -0.3 is 10.3 Å². The number of aromatic amines is 1. The van der Waals surface area contributed by atoms with Gasteiger partial charge in [0.15, 0.2) is 0 Å². The van der Waals surface area contributed by atoms with Crippen LogP contribution in [0.2, 0.25) is 0 Å². The Balaban J connectivity index is 1.73. The molecule has 0 aliphatic carbocycles. The molecule has 2 nitrogen and oxygen atoms in total. The van der Waals surface area contributed by atoms with Crippen LogP contribution in [0.25, 0.3) is 10.9 Å². The van der Waals surface area contributed by atoms with E-state index >= 15 is 0 Å².